The molecule has 1 aromatic carbocycles. The summed E-state index contributed by atoms with van der Waals surface area (Å²) in [5, 5.41) is 0. The van der Waals surface area contributed by atoms with Gasteiger partial charge < -0.3 is 4.90 Å². The number of hydrogen-bond donors (Lipinski definition) is 0. The van der Waals surface area contributed by atoms with E-state index in [-0.39, 0.29) is 5.91 Å². The fourth-order valence-corrected chi connectivity index (χ4v) is 2.18. The first-order chi connectivity index (χ1) is 8.13. The van der Waals surface area contributed by atoms with Crippen LogP contribution >= 0.6 is 0 Å². The van der Waals surface area contributed by atoms with Gasteiger partial charge in [-0.2, -0.15) is 0 Å². The first kappa shape index (κ1) is 12.2. The minimum atomic E-state index is 0.286. The molecule has 0 N–H and O–H groups in total. The Hall–Kier alpha value is -1.31. The summed E-state index contributed by atoms with van der Waals surface area (Å²) in [6, 6.07) is 6.85. The van der Waals surface area contributed by atoms with Crippen LogP contribution in [0.25, 0.3) is 0 Å². The van der Waals surface area contributed by atoms with Crippen molar-refractivity contribution in [3.05, 3.63) is 34.9 Å². The lowest BCUT2D eigenvalue weighted by atomic mass is 10.0. The molecule has 1 fully saturated rings. The second-order valence-electron chi connectivity index (χ2n) is 4.97. The van der Waals surface area contributed by atoms with Crippen molar-refractivity contribution < 1.29 is 4.79 Å². The maximum absolute atomic E-state index is 11.9. The molecule has 2 rings (SSSR count). The van der Waals surface area contributed by atoms with Crippen LogP contribution in [-0.2, 0) is 11.3 Å². The summed E-state index contributed by atoms with van der Waals surface area (Å²) in [5.41, 5.74) is 3.92. The molecule has 0 radical (unpaired) electrons. The molecule has 0 aromatic heterocycles. The van der Waals surface area contributed by atoms with Crippen LogP contribution in [0.2, 0.25) is 0 Å². The van der Waals surface area contributed by atoms with E-state index in [1.54, 1.807) is 0 Å². The lowest BCUT2D eigenvalue weighted by Crippen LogP contribution is -2.32. The van der Waals surface area contributed by atoms with Crippen molar-refractivity contribution >= 4 is 5.91 Å². The molecular weight excluding hydrogens is 210 g/mol. The highest BCUT2D eigenvalue weighted by Crippen LogP contribution is 2.29. The Morgan fingerprint density at radius 3 is 2.65 bits per heavy atom. The standard InChI is InChI=1S/C15H21NO/c1-4-15(17)16(14-8-9-14)10-13-7-5-6-11(2)12(13)3/h5-7,14H,4,8-10H2,1-3H3. The van der Waals surface area contributed by atoms with E-state index in [4.69, 9.17) is 0 Å². The van der Waals surface area contributed by atoms with E-state index in [2.05, 4.69) is 36.9 Å². The van der Waals surface area contributed by atoms with E-state index in [0.717, 1.165) is 6.54 Å². The Kier molecular flexibility index (Phi) is 3.51. The lowest BCUT2D eigenvalue weighted by molar-refractivity contribution is -0.132. The highest BCUT2D eigenvalue weighted by molar-refractivity contribution is 5.76. The lowest BCUT2D eigenvalue weighted by Gasteiger charge is -2.23. The Morgan fingerprint density at radius 1 is 1.35 bits per heavy atom. The van der Waals surface area contributed by atoms with Crippen molar-refractivity contribution in [1.29, 1.82) is 0 Å². The van der Waals surface area contributed by atoms with Crippen molar-refractivity contribution in [2.24, 2.45) is 0 Å². The second-order valence-corrected chi connectivity index (χ2v) is 4.97. The zero-order valence-electron chi connectivity index (χ0n) is 11.0. The van der Waals surface area contributed by atoms with Crippen LogP contribution in [0.3, 0.4) is 0 Å². The average Bonchev–Trinajstić information content (AvgIpc) is 3.14. The fourth-order valence-electron chi connectivity index (χ4n) is 2.18. The van der Waals surface area contributed by atoms with E-state index in [1.165, 1.54) is 29.5 Å². The van der Waals surface area contributed by atoms with Gasteiger partial charge in [-0.1, -0.05) is 25.1 Å². The molecule has 0 saturated heterocycles. The van der Waals surface area contributed by atoms with Crippen LogP contribution in [0.1, 0.15) is 42.9 Å². The Balaban J connectivity index is 2.17. The zero-order valence-corrected chi connectivity index (χ0v) is 11.0. The largest absolute Gasteiger partial charge is 0.335 e. The normalized spacial score (nSPS) is 14.8. The third-order valence-corrected chi connectivity index (χ3v) is 3.67. The van der Waals surface area contributed by atoms with Crippen molar-refractivity contribution in [3.8, 4) is 0 Å². The number of rotatable bonds is 4. The van der Waals surface area contributed by atoms with Gasteiger partial charge in [0.15, 0.2) is 0 Å². The molecular formula is C15H21NO. The van der Waals surface area contributed by atoms with Crippen LogP contribution in [0, 0.1) is 13.8 Å². The summed E-state index contributed by atoms with van der Waals surface area (Å²) in [4.78, 5) is 14.0. The SMILES string of the molecule is CCC(=O)N(Cc1cccc(C)c1C)C1CC1. The first-order valence-electron chi connectivity index (χ1n) is 6.48. The number of amides is 1. The van der Waals surface area contributed by atoms with E-state index in [9.17, 15) is 4.79 Å². The minimum Gasteiger partial charge on any atom is -0.335 e. The molecule has 0 unspecified atom stereocenters. The van der Waals surface area contributed by atoms with Crippen LogP contribution in [-0.4, -0.2) is 16.8 Å². The topological polar surface area (TPSA) is 20.3 Å². The van der Waals surface area contributed by atoms with Crippen LogP contribution in [0.4, 0.5) is 0 Å². The molecule has 1 saturated carbocycles. The van der Waals surface area contributed by atoms with Gasteiger partial charge in [0.25, 0.3) is 0 Å². The summed E-state index contributed by atoms with van der Waals surface area (Å²) >= 11 is 0. The van der Waals surface area contributed by atoms with Gasteiger partial charge in [-0.3, -0.25) is 4.79 Å². The number of aryl methyl sites for hydroxylation is 1. The number of nitrogens with zero attached hydrogens (tertiary/aromatic N) is 1. The second kappa shape index (κ2) is 4.91. The summed E-state index contributed by atoms with van der Waals surface area (Å²) < 4.78 is 0. The molecule has 92 valence electrons. The molecule has 2 nitrogen and oxygen atoms in total. The minimum absolute atomic E-state index is 0.286. The van der Waals surface area contributed by atoms with Crippen LogP contribution in [0.15, 0.2) is 18.2 Å². The average molecular weight is 231 g/mol. The van der Waals surface area contributed by atoms with Gasteiger partial charge in [0.05, 0.1) is 0 Å². The molecule has 0 atom stereocenters. The molecule has 1 amide bonds. The Labute approximate surface area is 104 Å². The monoisotopic (exact) mass is 231 g/mol. The van der Waals surface area contributed by atoms with Gasteiger partial charge in [0.2, 0.25) is 5.91 Å². The number of carbonyl (C=O) groups is 1. The number of benzene rings is 1. The molecule has 17 heavy (non-hydrogen) atoms. The fraction of sp³-hybridized carbons (Fsp3) is 0.533. The molecule has 1 aliphatic rings. The van der Waals surface area contributed by atoms with Gasteiger partial charge >= 0.3 is 0 Å². The van der Waals surface area contributed by atoms with Crippen molar-refractivity contribution in [1.82, 2.24) is 4.90 Å². The predicted octanol–water partition coefficient (Wildman–Crippen LogP) is 3.20. The third-order valence-electron chi connectivity index (χ3n) is 3.67. The molecule has 0 aliphatic heterocycles. The summed E-state index contributed by atoms with van der Waals surface area (Å²) in [5.74, 6) is 0.286. The van der Waals surface area contributed by atoms with Crippen molar-refractivity contribution in [2.75, 3.05) is 0 Å². The summed E-state index contributed by atoms with van der Waals surface area (Å²) in [7, 11) is 0. The highest BCUT2D eigenvalue weighted by Gasteiger charge is 2.31. The van der Waals surface area contributed by atoms with Gasteiger partial charge in [-0.25, -0.2) is 0 Å². The van der Waals surface area contributed by atoms with E-state index in [0.29, 0.717) is 12.5 Å². The van der Waals surface area contributed by atoms with E-state index >= 15 is 0 Å². The van der Waals surface area contributed by atoms with Crippen LogP contribution < -0.4 is 0 Å². The Bertz CT molecular complexity index is 421. The van der Waals surface area contributed by atoms with Gasteiger partial charge in [0, 0.05) is 19.0 Å². The molecule has 0 spiro atoms. The van der Waals surface area contributed by atoms with Crippen molar-refractivity contribution in [2.45, 2.75) is 52.6 Å². The molecule has 1 aromatic rings. The first-order valence-corrected chi connectivity index (χ1v) is 6.48. The Morgan fingerprint density at radius 2 is 2.06 bits per heavy atom. The van der Waals surface area contributed by atoms with E-state index in [1.807, 2.05) is 6.92 Å². The van der Waals surface area contributed by atoms with Gasteiger partial charge in [0.1, 0.15) is 0 Å². The molecule has 0 bridgehead atoms. The molecule has 0 heterocycles. The summed E-state index contributed by atoms with van der Waals surface area (Å²) in [6.45, 7) is 7.00. The number of hydrogen-bond acceptors (Lipinski definition) is 1. The van der Waals surface area contributed by atoms with E-state index < -0.39 is 0 Å². The maximum Gasteiger partial charge on any atom is 0.222 e. The quantitative estimate of drug-likeness (QED) is 0.779. The molecule has 2 heteroatoms. The van der Waals surface area contributed by atoms with Crippen molar-refractivity contribution in [3.63, 3.8) is 0 Å². The van der Waals surface area contributed by atoms with Gasteiger partial charge in [-0.05, 0) is 43.4 Å². The van der Waals surface area contributed by atoms with Gasteiger partial charge in [-0.15, -0.1) is 0 Å². The zero-order chi connectivity index (χ0) is 12.4. The maximum atomic E-state index is 11.9. The van der Waals surface area contributed by atoms with Crippen LogP contribution in [0.5, 0.6) is 0 Å². The number of carbonyl (C=O) groups excluding carboxylic acids is 1. The molecule has 1 aliphatic carbocycles. The predicted molar refractivity (Wildman–Crippen MR) is 69.8 cm³/mol. The third kappa shape index (κ3) is 2.68. The summed E-state index contributed by atoms with van der Waals surface area (Å²) in [6.07, 6.45) is 2.97. The smallest absolute Gasteiger partial charge is 0.222 e. The highest BCUT2D eigenvalue weighted by atomic mass is 16.2.